The number of benzene rings is 1. The average molecular weight is 200 g/mol. The van der Waals surface area contributed by atoms with E-state index in [0.29, 0.717) is 5.56 Å². The number of Topliss-reactive ketones (excluding diaryl/α,β-unsaturated/α-hetero) is 1. The molecular weight excluding hydrogens is 190 g/mol. The van der Waals surface area contributed by atoms with Crippen LogP contribution < -0.4 is 4.74 Å². The molecule has 0 N–H and O–H groups in total. The molecule has 0 aliphatic carbocycles. The maximum Gasteiger partial charge on any atom is 0.387 e. The molecule has 0 amide bonds. The van der Waals surface area contributed by atoms with Gasteiger partial charge in [-0.25, -0.2) is 0 Å². The third-order valence-electron chi connectivity index (χ3n) is 1.80. The summed E-state index contributed by atoms with van der Waals surface area (Å²) in [6, 6.07) is 4.71. The Labute approximate surface area is 80.5 Å². The highest BCUT2D eigenvalue weighted by molar-refractivity contribution is 5.97. The van der Waals surface area contributed by atoms with Crippen LogP contribution in [-0.2, 0) is 0 Å². The predicted octanol–water partition coefficient (Wildman–Crippen LogP) is 2.80. The second-order valence-electron chi connectivity index (χ2n) is 2.89. The maximum atomic E-state index is 12.0. The molecule has 0 aliphatic rings. The fraction of sp³-hybridized carbons (Fsp3) is 0.300. The SMILES string of the molecule is CC(=O)c1cccc(C)c1OC(F)F. The van der Waals surface area contributed by atoms with Crippen LogP contribution in [0.25, 0.3) is 0 Å². The molecule has 0 aromatic heterocycles. The minimum Gasteiger partial charge on any atom is -0.434 e. The molecule has 0 radical (unpaired) electrons. The van der Waals surface area contributed by atoms with E-state index in [1.54, 1.807) is 19.1 Å². The second-order valence-corrected chi connectivity index (χ2v) is 2.89. The summed E-state index contributed by atoms with van der Waals surface area (Å²) in [6.07, 6.45) is 0. The Morgan fingerprint density at radius 1 is 1.43 bits per heavy atom. The largest absolute Gasteiger partial charge is 0.434 e. The van der Waals surface area contributed by atoms with Crippen molar-refractivity contribution >= 4 is 5.78 Å². The van der Waals surface area contributed by atoms with E-state index >= 15 is 0 Å². The lowest BCUT2D eigenvalue weighted by Crippen LogP contribution is -2.07. The van der Waals surface area contributed by atoms with Crippen LogP contribution in [0.15, 0.2) is 18.2 Å². The van der Waals surface area contributed by atoms with E-state index < -0.39 is 6.61 Å². The number of ether oxygens (including phenoxy) is 1. The molecular formula is C10H10F2O2. The number of carbonyl (C=O) groups is 1. The predicted molar refractivity (Wildman–Crippen MR) is 47.8 cm³/mol. The number of ketones is 1. The monoisotopic (exact) mass is 200 g/mol. The summed E-state index contributed by atoms with van der Waals surface area (Å²) < 4.78 is 28.3. The van der Waals surface area contributed by atoms with Gasteiger partial charge < -0.3 is 4.74 Å². The summed E-state index contributed by atoms with van der Waals surface area (Å²) in [4.78, 5) is 11.1. The summed E-state index contributed by atoms with van der Waals surface area (Å²) >= 11 is 0. The van der Waals surface area contributed by atoms with Gasteiger partial charge in [0.1, 0.15) is 5.75 Å². The molecule has 2 nitrogen and oxygen atoms in total. The van der Waals surface area contributed by atoms with Gasteiger partial charge in [-0.05, 0) is 25.5 Å². The summed E-state index contributed by atoms with van der Waals surface area (Å²) in [5.74, 6) is -0.320. The third kappa shape index (κ3) is 2.28. The molecule has 0 spiro atoms. The summed E-state index contributed by atoms with van der Waals surface area (Å²) in [6.45, 7) is 0.0197. The molecule has 0 saturated carbocycles. The first-order valence-corrected chi connectivity index (χ1v) is 4.07. The maximum absolute atomic E-state index is 12.0. The fourth-order valence-electron chi connectivity index (χ4n) is 1.18. The van der Waals surface area contributed by atoms with Crippen molar-refractivity contribution in [2.75, 3.05) is 0 Å². The van der Waals surface area contributed by atoms with E-state index in [4.69, 9.17) is 0 Å². The number of alkyl halides is 2. The number of hydrogen-bond acceptors (Lipinski definition) is 2. The summed E-state index contributed by atoms with van der Waals surface area (Å²) in [5, 5.41) is 0. The zero-order valence-corrected chi connectivity index (χ0v) is 7.88. The highest BCUT2D eigenvalue weighted by Gasteiger charge is 2.14. The molecule has 0 heterocycles. The van der Waals surface area contributed by atoms with E-state index in [9.17, 15) is 13.6 Å². The molecule has 0 fully saturated rings. The molecule has 76 valence electrons. The van der Waals surface area contributed by atoms with Gasteiger partial charge in [0.05, 0.1) is 5.56 Å². The molecule has 14 heavy (non-hydrogen) atoms. The first-order chi connectivity index (χ1) is 6.52. The Balaban J connectivity index is 3.15. The Morgan fingerprint density at radius 3 is 2.57 bits per heavy atom. The van der Waals surface area contributed by atoms with Gasteiger partial charge in [0, 0.05) is 0 Å². The van der Waals surface area contributed by atoms with Crippen LogP contribution in [0, 0.1) is 6.92 Å². The van der Waals surface area contributed by atoms with Crippen LogP contribution in [0.3, 0.4) is 0 Å². The molecule has 0 atom stereocenters. The quantitative estimate of drug-likeness (QED) is 0.701. The number of para-hydroxylation sites is 1. The summed E-state index contributed by atoms with van der Waals surface area (Å²) in [5.41, 5.74) is 0.711. The van der Waals surface area contributed by atoms with Crippen molar-refractivity contribution in [3.63, 3.8) is 0 Å². The van der Waals surface area contributed by atoms with Crippen LogP contribution in [0.5, 0.6) is 5.75 Å². The van der Waals surface area contributed by atoms with Crippen LogP contribution >= 0.6 is 0 Å². The molecule has 4 heteroatoms. The van der Waals surface area contributed by atoms with Crippen LogP contribution in [0.4, 0.5) is 8.78 Å². The van der Waals surface area contributed by atoms with Crippen molar-refractivity contribution in [3.05, 3.63) is 29.3 Å². The lowest BCUT2D eigenvalue weighted by atomic mass is 10.1. The molecule has 1 rings (SSSR count). The number of hydrogen-bond donors (Lipinski definition) is 0. The van der Waals surface area contributed by atoms with Gasteiger partial charge in [0.15, 0.2) is 5.78 Å². The van der Waals surface area contributed by atoms with Crippen LogP contribution in [-0.4, -0.2) is 12.4 Å². The standard InChI is InChI=1S/C10H10F2O2/c1-6-4-3-5-8(7(2)13)9(6)14-10(11)12/h3-5,10H,1-2H3. The molecule has 0 saturated heterocycles. The van der Waals surface area contributed by atoms with Gasteiger partial charge in [-0.3, -0.25) is 4.79 Å². The first kappa shape index (κ1) is 10.6. The fourth-order valence-corrected chi connectivity index (χ4v) is 1.18. The minimum absolute atomic E-state index is 0.0324. The van der Waals surface area contributed by atoms with E-state index in [-0.39, 0.29) is 17.1 Å². The van der Waals surface area contributed by atoms with Crippen molar-refractivity contribution < 1.29 is 18.3 Å². The van der Waals surface area contributed by atoms with Gasteiger partial charge in [-0.2, -0.15) is 8.78 Å². The van der Waals surface area contributed by atoms with Crippen LogP contribution in [0.2, 0.25) is 0 Å². The van der Waals surface area contributed by atoms with E-state index in [0.717, 1.165) is 0 Å². The van der Waals surface area contributed by atoms with Gasteiger partial charge in [-0.1, -0.05) is 12.1 Å². The Kier molecular flexibility index (Phi) is 3.17. The van der Waals surface area contributed by atoms with E-state index in [2.05, 4.69) is 4.74 Å². The van der Waals surface area contributed by atoms with Gasteiger partial charge >= 0.3 is 6.61 Å². The van der Waals surface area contributed by atoms with Crippen molar-refractivity contribution in [1.82, 2.24) is 0 Å². The Morgan fingerprint density at radius 2 is 2.07 bits per heavy atom. The zero-order valence-electron chi connectivity index (χ0n) is 7.88. The Hall–Kier alpha value is -1.45. The average Bonchev–Trinajstić information content (AvgIpc) is 2.07. The number of aryl methyl sites for hydroxylation is 1. The van der Waals surface area contributed by atoms with Crippen molar-refractivity contribution in [2.24, 2.45) is 0 Å². The third-order valence-corrected chi connectivity index (χ3v) is 1.80. The topological polar surface area (TPSA) is 26.3 Å². The van der Waals surface area contributed by atoms with Gasteiger partial charge in [0.2, 0.25) is 0 Å². The second kappa shape index (κ2) is 4.17. The van der Waals surface area contributed by atoms with E-state index in [1.807, 2.05) is 0 Å². The number of halogens is 2. The number of carbonyl (C=O) groups excluding carboxylic acids is 1. The molecule has 0 aliphatic heterocycles. The molecule has 0 unspecified atom stereocenters. The number of rotatable bonds is 3. The summed E-state index contributed by atoms with van der Waals surface area (Å²) in [7, 11) is 0. The highest BCUT2D eigenvalue weighted by atomic mass is 19.3. The van der Waals surface area contributed by atoms with Crippen molar-refractivity contribution in [2.45, 2.75) is 20.5 Å². The van der Waals surface area contributed by atoms with Crippen LogP contribution in [0.1, 0.15) is 22.8 Å². The normalized spacial score (nSPS) is 10.4. The smallest absolute Gasteiger partial charge is 0.387 e. The minimum atomic E-state index is -2.91. The first-order valence-electron chi connectivity index (χ1n) is 4.07. The molecule has 1 aromatic carbocycles. The highest BCUT2D eigenvalue weighted by Crippen LogP contribution is 2.25. The molecule has 1 aromatic rings. The lowest BCUT2D eigenvalue weighted by Gasteiger charge is -2.10. The van der Waals surface area contributed by atoms with Gasteiger partial charge in [0.25, 0.3) is 0 Å². The van der Waals surface area contributed by atoms with Crippen molar-refractivity contribution in [1.29, 1.82) is 0 Å². The van der Waals surface area contributed by atoms with E-state index in [1.165, 1.54) is 13.0 Å². The Bertz CT molecular complexity index is 348. The lowest BCUT2D eigenvalue weighted by molar-refractivity contribution is -0.0505. The zero-order chi connectivity index (χ0) is 10.7. The van der Waals surface area contributed by atoms with Crippen molar-refractivity contribution in [3.8, 4) is 5.75 Å². The molecule has 0 bridgehead atoms. The van der Waals surface area contributed by atoms with Gasteiger partial charge in [-0.15, -0.1) is 0 Å².